The minimum absolute atomic E-state index is 0.589. The topological polar surface area (TPSA) is 9.23 Å². The molecule has 23 heavy (non-hydrogen) atoms. The van der Waals surface area contributed by atoms with Crippen molar-refractivity contribution in [2.75, 3.05) is 0 Å². The highest BCUT2D eigenvalue weighted by molar-refractivity contribution is 9.10. The second-order valence-electron chi connectivity index (χ2n) is 5.92. The minimum Gasteiger partial charge on any atom is -0.488 e. The summed E-state index contributed by atoms with van der Waals surface area (Å²) < 4.78 is 7.00. The lowest BCUT2D eigenvalue weighted by Crippen LogP contribution is -1.99. The van der Waals surface area contributed by atoms with Gasteiger partial charge in [0.25, 0.3) is 0 Å². The van der Waals surface area contributed by atoms with Gasteiger partial charge in [-0.25, -0.2) is 0 Å². The molecular formula is C21H21BrO. The quantitative estimate of drug-likeness (QED) is 0.614. The maximum atomic E-state index is 5.97. The molecule has 0 heterocycles. The van der Waals surface area contributed by atoms with Crippen LogP contribution in [0.2, 0.25) is 0 Å². The second-order valence-corrected chi connectivity index (χ2v) is 6.77. The average molecular weight is 369 g/mol. The third kappa shape index (κ3) is 4.35. The van der Waals surface area contributed by atoms with Crippen LogP contribution in [0.3, 0.4) is 0 Å². The second kappa shape index (κ2) is 7.65. The van der Waals surface area contributed by atoms with Crippen LogP contribution in [0.25, 0.3) is 0 Å². The van der Waals surface area contributed by atoms with Gasteiger partial charge in [0.2, 0.25) is 0 Å². The predicted octanol–water partition coefficient (Wildman–Crippen LogP) is 6.16. The van der Waals surface area contributed by atoms with E-state index >= 15 is 0 Å². The van der Waals surface area contributed by atoms with Crippen LogP contribution >= 0.6 is 15.9 Å². The Bertz CT molecular complexity index is 729. The van der Waals surface area contributed by atoms with Gasteiger partial charge in [-0.05, 0) is 76.5 Å². The monoisotopic (exact) mass is 368 g/mol. The summed E-state index contributed by atoms with van der Waals surface area (Å²) in [4.78, 5) is 0. The molecule has 2 aromatic rings. The fourth-order valence-electron chi connectivity index (χ4n) is 2.75. The molecule has 0 aliphatic heterocycles. The van der Waals surface area contributed by atoms with E-state index in [4.69, 9.17) is 4.74 Å². The van der Waals surface area contributed by atoms with Crippen LogP contribution in [0.5, 0.6) is 5.75 Å². The molecule has 1 nitrogen and oxygen atoms in total. The lowest BCUT2D eigenvalue weighted by atomic mass is 9.97. The molecule has 1 aliphatic rings. The summed E-state index contributed by atoms with van der Waals surface area (Å²) in [6.45, 7) is 2.75. The molecule has 0 bridgehead atoms. The van der Waals surface area contributed by atoms with Crippen LogP contribution in [-0.4, -0.2) is 0 Å². The number of ether oxygens (including phenoxy) is 1. The van der Waals surface area contributed by atoms with Crippen molar-refractivity contribution in [2.45, 2.75) is 32.8 Å². The summed E-state index contributed by atoms with van der Waals surface area (Å²) in [7, 11) is 0. The van der Waals surface area contributed by atoms with E-state index < -0.39 is 0 Å². The van der Waals surface area contributed by atoms with Crippen molar-refractivity contribution in [1.29, 1.82) is 0 Å². The maximum Gasteiger partial charge on any atom is 0.134 e. The Balaban J connectivity index is 1.72. The third-order valence-electron chi connectivity index (χ3n) is 4.09. The van der Waals surface area contributed by atoms with Crippen LogP contribution in [0.1, 0.15) is 29.5 Å². The zero-order chi connectivity index (χ0) is 16.1. The minimum atomic E-state index is 0.589. The number of hydrogen-bond acceptors (Lipinski definition) is 1. The first-order valence-electron chi connectivity index (χ1n) is 8.04. The highest BCUT2D eigenvalue weighted by atomic mass is 79.9. The molecule has 0 N–H and O–H groups in total. The number of rotatable bonds is 5. The van der Waals surface area contributed by atoms with Gasteiger partial charge in [-0.1, -0.05) is 48.6 Å². The smallest absolute Gasteiger partial charge is 0.134 e. The van der Waals surface area contributed by atoms with Gasteiger partial charge < -0.3 is 4.74 Å². The van der Waals surface area contributed by atoms with E-state index in [2.05, 4.69) is 65.3 Å². The van der Waals surface area contributed by atoms with E-state index in [0.717, 1.165) is 23.1 Å². The maximum absolute atomic E-state index is 5.97. The number of hydrogen-bond donors (Lipinski definition) is 0. The van der Waals surface area contributed by atoms with E-state index in [1.807, 2.05) is 18.2 Å². The fraction of sp³-hybridized carbons (Fsp3) is 0.238. The molecule has 0 saturated heterocycles. The fourth-order valence-corrected chi connectivity index (χ4v) is 3.26. The predicted molar refractivity (Wildman–Crippen MR) is 99.8 cm³/mol. The van der Waals surface area contributed by atoms with E-state index in [0.29, 0.717) is 6.61 Å². The normalized spacial score (nSPS) is 13.7. The van der Waals surface area contributed by atoms with Gasteiger partial charge in [-0.3, -0.25) is 0 Å². The molecule has 0 unspecified atom stereocenters. The Morgan fingerprint density at radius 1 is 1.09 bits per heavy atom. The van der Waals surface area contributed by atoms with Crippen molar-refractivity contribution in [3.8, 4) is 5.75 Å². The average Bonchev–Trinajstić information content (AvgIpc) is 2.58. The molecule has 1 aliphatic carbocycles. The van der Waals surface area contributed by atoms with E-state index in [1.165, 1.54) is 28.7 Å². The van der Waals surface area contributed by atoms with Gasteiger partial charge in [0.05, 0.1) is 4.47 Å². The Kier molecular flexibility index (Phi) is 5.35. The number of allylic oxidation sites excluding steroid dienone is 4. The van der Waals surface area contributed by atoms with Crippen molar-refractivity contribution < 1.29 is 4.74 Å². The van der Waals surface area contributed by atoms with Crippen molar-refractivity contribution >= 4 is 15.9 Å². The zero-order valence-electron chi connectivity index (χ0n) is 13.4. The molecule has 0 spiro atoms. The molecule has 3 rings (SSSR count). The number of halogens is 1. The van der Waals surface area contributed by atoms with E-state index in [9.17, 15) is 0 Å². The summed E-state index contributed by atoms with van der Waals surface area (Å²) in [6, 6.07) is 14.6. The molecular weight excluding hydrogens is 348 g/mol. The highest BCUT2D eigenvalue weighted by Gasteiger charge is 2.09. The SMILES string of the molecule is Cc1cc(OCc2ccccc2)c(Br)cc1CC1=CCCC=C1. The standard InChI is InChI=1S/C21H21BrO/c1-16-12-21(23-15-18-10-6-3-7-11-18)20(22)14-19(16)13-17-8-4-2-5-9-17/h3-4,6-12,14H,2,5,13,15H2,1H3. The molecule has 0 radical (unpaired) electrons. The lowest BCUT2D eigenvalue weighted by Gasteiger charge is -2.14. The summed E-state index contributed by atoms with van der Waals surface area (Å²) in [5.41, 5.74) is 5.21. The van der Waals surface area contributed by atoms with Crippen LogP contribution < -0.4 is 4.74 Å². The first-order valence-corrected chi connectivity index (χ1v) is 8.83. The van der Waals surface area contributed by atoms with Crippen LogP contribution in [-0.2, 0) is 13.0 Å². The number of benzene rings is 2. The van der Waals surface area contributed by atoms with Crippen molar-refractivity contribution in [2.24, 2.45) is 0 Å². The summed E-state index contributed by atoms with van der Waals surface area (Å²) >= 11 is 3.66. The van der Waals surface area contributed by atoms with Crippen LogP contribution in [0, 0.1) is 6.92 Å². The number of aryl methyl sites for hydroxylation is 1. The van der Waals surface area contributed by atoms with Gasteiger partial charge in [0.15, 0.2) is 0 Å². The van der Waals surface area contributed by atoms with Gasteiger partial charge in [-0.15, -0.1) is 0 Å². The zero-order valence-corrected chi connectivity index (χ0v) is 15.0. The molecule has 0 saturated carbocycles. The molecule has 2 heteroatoms. The largest absolute Gasteiger partial charge is 0.488 e. The summed E-state index contributed by atoms with van der Waals surface area (Å²) in [5, 5.41) is 0. The summed E-state index contributed by atoms with van der Waals surface area (Å²) in [5.74, 6) is 0.906. The van der Waals surface area contributed by atoms with E-state index in [-0.39, 0.29) is 0 Å². The molecule has 0 fully saturated rings. The van der Waals surface area contributed by atoms with Crippen LogP contribution in [0.4, 0.5) is 0 Å². The summed E-state index contributed by atoms with van der Waals surface area (Å²) in [6.07, 6.45) is 10.2. The molecule has 0 amide bonds. The molecule has 0 aromatic heterocycles. The third-order valence-corrected chi connectivity index (χ3v) is 4.71. The van der Waals surface area contributed by atoms with Gasteiger partial charge in [0, 0.05) is 0 Å². The van der Waals surface area contributed by atoms with Gasteiger partial charge in [-0.2, -0.15) is 0 Å². The first-order chi connectivity index (χ1) is 11.2. The Hall–Kier alpha value is -1.80. The molecule has 118 valence electrons. The molecule has 2 aromatic carbocycles. The van der Waals surface area contributed by atoms with E-state index in [1.54, 1.807) is 0 Å². The van der Waals surface area contributed by atoms with Crippen molar-refractivity contribution in [3.05, 3.63) is 87.4 Å². The lowest BCUT2D eigenvalue weighted by molar-refractivity contribution is 0.304. The molecule has 0 atom stereocenters. The van der Waals surface area contributed by atoms with Gasteiger partial charge >= 0.3 is 0 Å². The highest BCUT2D eigenvalue weighted by Crippen LogP contribution is 2.31. The van der Waals surface area contributed by atoms with Crippen LogP contribution in [0.15, 0.2) is 70.7 Å². The Morgan fingerprint density at radius 3 is 2.65 bits per heavy atom. The Morgan fingerprint density at radius 2 is 1.91 bits per heavy atom. The van der Waals surface area contributed by atoms with Gasteiger partial charge in [0.1, 0.15) is 12.4 Å². The van der Waals surface area contributed by atoms with Crippen molar-refractivity contribution in [1.82, 2.24) is 0 Å². The first kappa shape index (κ1) is 16.1. The van der Waals surface area contributed by atoms with Crippen molar-refractivity contribution in [3.63, 3.8) is 0 Å². The Labute approximate surface area is 146 Å².